The van der Waals surface area contributed by atoms with Gasteiger partial charge in [0.1, 0.15) is 5.58 Å². The molecule has 0 saturated heterocycles. The maximum Gasteiger partial charge on any atom is 0.335 e. The van der Waals surface area contributed by atoms with Gasteiger partial charge in [-0.2, -0.15) is 0 Å². The molecule has 3 aromatic rings. The summed E-state index contributed by atoms with van der Waals surface area (Å²) in [5.74, 6) is 0.0977. The van der Waals surface area contributed by atoms with Crippen molar-refractivity contribution in [3.05, 3.63) is 75.6 Å². The van der Waals surface area contributed by atoms with Crippen molar-refractivity contribution in [2.24, 2.45) is 0 Å². The molecule has 1 aliphatic carbocycles. The first kappa shape index (κ1) is 17.3. The fourth-order valence-corrected chi connectivity index (χ4v) is 3.47. The third-order valence-electron chi connectivity index (χ3n) is 4.93. The number of carboxylic acid groups (broad SMARTS) is 1. The van der Waals surface area contributed by atoms with Crippen LogP contribution in [0, 0.1) is 0 Å². The number of carbonyl (C=O) groups is 1. The van der Waals surface area contributed by atoms with E-state index in [4.69, 9.17) is 9.15 Å². The van der Waals surface area contributed by atoms with Crippen molar-refractivity contribution in [3.63, 3.8) is 0 Å². The molecule has 5 nitrogen and oxygen atoms in total. The van der Waals surface area contributed by atoms with Crippen molar-refractivity contribution in [1.29, 1.82) is 0 Å². The Labute approximate surface area is 156 Å². The lowest BCUT2D eigenvalue weighted by molar-refractivity contribution is 0.0697. The fraction of sp³-hybridized carbons (Fsp3) is 0.273. The van der Waals surface area contributed by atoms with Gasteiger partial charge in [0.2, 0.25) is 11.2 Å². The molecule has 27 heavy (non-hydrogen) atoms. The maximum atomic E-state index is 13.0. The second kappa shape index (κ2) is 6.91. The Morgan fingerprint density at radius 1 is 1.19 bits per heavy atom. The monoisotopic (exact) mass is 364 g/mol. The first-order valence-electron chi connectivity index (χ1n) is 9.12. The summed E-state index contributed by atoms with van der Waals surface area (Å²) in [6, 6.07) is 14.5. The Balaban J connectivity index is 1.81. The van der Waals surface area contributed by atoms with E-state index in [1.807, 2.05) is 25.1 Å². The van der Waals surface area contributed by atoms with Crippen molar-refractivity contribution < 1.29 is 19.1 Å². The SMILES string of the molecule is CCCOc1c([C@@H]2C[C@H]2c2ccccc2)oc2ccc(C(=O)O)cc2c1=O. The number of aromatic carboxylic acids is 1. The van der Waals surface area contributed by atoms with Crippen molar-refractivity contribution in [3.8, 4) is 5.75 Å². The quantitative estimate of drug-likeness (QED) is 0.694. The fourth-order valence-electron chi connectivity index (χ4n) is 3.47. The van der Waals surface area contributed by atoms with E-state index in [-0.39, 0.29) is 28.0 Å². The molecule has 5 heteroatoms. The van der Waals surface area contributed by atoms with Crippen LogP contribution in [0.15, 0.2) is 57.7 Å². The van der Waals surface area contributed by atoms with Gasteiger partial charge in [0.05, 0.1) is 17.6 Å². The highest BCUT2D eigenvalue weighted by molar-refractivity contribution is 5.93. The van der Waals surface area contributed by atoms with Gasteiger partial charge in [-0.1, -0.05) is 37.3 Å². The van der Waals surface area contributed by atoms with Crippen LogP contribution < -0.4 is 10.2 Å². The molecule has 0 amide bonds. The lowest BCUT2D eigenvalue weighted by Crippen LogP contribution is -2.12. The lowest BCUT2D eigenvalue weighted by atomic mass is 10.1. The molecular formula is C22H20O5. The Kier molecular flexibility index (Phi) is 4.44. The third kappa shape index (κ3) is 3.21. The Morgan fingerprint density at radius 2 is 1.96 bits per heavy atom. The number of ether oxygens (including phenoxy) is 1. The van der Waals surface area contributed by atoms with Gasteiger partial charge in [-0.25, -0.2) is 4.79 Å². The normalized spacial score (nSPS) is 18.4. The highest BCUT2D eigenvalue weighted by atomic mass is 16.5. The van der Waals surface area contributed by atoms with Crippen LogP contribution >= 0.6 is 0 Å². The Hall–Kier alpha value is -3.08. The summed E-state index contributed by atoms with van der Waals surface area (Å²) in [5.41, 5.74) is 1.36. The van der Waals surface area contributed by atoms with E-state index in [0.29, 0.717) is 23.9 Å². The van der Waals surface area contributed by atoms with Crippen LogP contribution in [0.3, 0.4) is 0 Å². The number of hydrogen-bond donors (Lipinski definition) is 1. The van der Waals surface area contributed by atoms with Crippen molar-refractivity contribution in [2.75, 3.05) is 6.61 Å². The largest absolute Gasteiger partial charge is 0.486 e. The van der Waals surface area contributed by atoms with E-state index < -0.39 is 5.97 Å². The highest BCUT2D eigenvalue weighted by Crippen LogP contribution is 2.56. The maximum absolute atomic E-state index is 13.0. The van der Waals surface area contributed by atoms with E-state index in [9.17, 15) is 14.7 Å². The van der Waals surface area contributed by atoms with Crippen LogP contribution in [-0.2, 0) is 0 Å². The van der Waals surface area contributed by atoms with Crippen LogP contribution in [0.1, 0.15) is 53.3 Å². The van der Waals surface area contributed by atoms with E-state index in [1.54, 1.807) is 6.07 Å². The molecule has 1 fully saturated rings. The Bertz CT molecular complexity index is 1050. The number of carboxylic acids is 1. The van der Waals surface area contributed by atoms with E-state index in [0.717, 1.165) is 12.8 Å². The number of benzene rings is 2. The number of rotatable bonds is 6. The molecule has 0 spiro atoms. The zero-order valence-corrected chi connectivity index (χ0v) is 15.0. The summed E-state index contributed by atoms with van der Waals surface area (Å²) in [4.78, 5) is 24.3. The zero-order valence-electron chi connectivity index (χ0n) is 15.0. The molecule has 4 rings (SSSR count). The first-order valence-corrected chi connectivity index (χ1v) is 9.12. The minimum atomic E-state index is -1.08. The van der Waals surface area contributed by atoms with Crippen LogP contribution in [-0.4, -0.2) is 17.7 Å². The van der Waals surface area contributed by atoms with Gasteiger partial charge in [-0.15, -0.1) is 0 Å². The number of fused-ring (bicyclic) bond motifs is 1. The summed E-state index contributed by atoms with van der Waals surface area (Å²) in [5, 5.41) is 9.43. The van der Waals surface area contributed by atoms with E-state index in [1.165, 1.54) is 17.7 Å². The summed E-state index contributed by atoms with van der Waals surface area (Å²) in [6.45, 7) is 2.37. The van der Waals surface area contributed by atoms with Gasteiger partial charge in [0, 0.05) is 5.92 Å². The molecule has 1 heterocycles. The lowest BCUT2D eigenvalue weighted by Gasteiger charge is -2.11. The van der Waals surface area contributed by atoms with Crippen LogP contribution in [0.5, 0.6) is 5.75 Å². The summed E-state index contributed by atoms with van der Waals surface area (Å²) in [7, 11) is 0. The molecular weight excluding hydrogens is 344 g/mol. The first-order chi connectivity index (χ1) is 13.1. The van der Waals surface area contributed by atoms with E-state index in [2.05, 4.69) is 12.1 Å². The highest BCUT2D eigenvalue weighted by Gasteiger charge is 2.44. The number of hydrogen-bond acceptors (Lipinski definition) is 4. The average molecular weight is 364 g/mol. The van der Waals surface area contributed by atoms with Gasteiger partial charge in [0.15, 0.2) is 5.76 Å². The predicted molar refractivity (Wildman–Crippen MR) is 102 cm³/mol. The van der Waals surface area contributed by atoms with Crippen LogP contribution in [0.25, 0.3) is 11.0 Å². The minimum Gasteiger partial charge on any atom is -0.486 e. The molecule has 0 radical (unpaired) electrons. The van der Waals surface area contributed by atoms with Crippen molar-refractivity contribution in [2.45, 2.75) is 31.6 Å². The predicted octanol–water partition coefficient (Wildman–Crippen LogP) is 4.55. The second-order valence-electron chi connectivity index (χ2n) is 6.85. The molecule has 0 aliphatic heterocycles. The molecule has 0 bridgehead atoms. The van der Waals surface area contributed by atoms with Crippen molar-refractivity contribution in [1.82, 2.24) is 0 Å². The van der Waals surface area contributed by atoms with Gasteiger partial charge in [-0.05, 0) is 42.5 Å². The summed E-state index contributed by atoms with van der Waals surface area (Å²) >= 11 is 0. The van der Waals surface area contributed by atoms with Crippen LogP contribution in [0.2, 0.25) is 0 Å². The molecule has 2 aromatic carbocycles. The van der Waals surface area contributed by atoms with Gasteiger partial charge in [-0.3, -0.25) is 4.79 Å². The molecule has 2 atom stereocenters. The summed E-state index contributed by atoms with van der Waals surface area (Å²) < 4.78 is 11.8. The third-order valence-corrected chi connectivity index (χ3v) is 4.93. The van der Waals surface area contributed by atoms with Gasteiger partial charge in [0.25, 0.3) is 0 Å². The molecule has 1 aliphatic rings. The average Bonchev–Trinajstić information content (AvgIpc) is 3.48. The molecule has 1 saturated carbocycles. The smallest absolute Gasteiger partial charge is 0.335 e. The van der Waals surface area contributed by atoms with Crippen molar-refractivity contribution >= 4 is 16.9 Å². The molecule has 1 N–H and O–H groups in total. The van der Waals surface area contributed by atoms with Gasteiger partial charge >= 0.3 is 5.97 Å². The Morgan fingerprint density at radius 3 is 2.67 bits per heavy atom. The van der Waals surface area contributed by atoms with E-state index >= 15 is 0 Å². The zero-order chi connectivity index (χ0) is 19.0. The molecule has 1 aromatic heterocycles. The van der Waals surface area contributed by atoms with Gasteiger partial charge < -0.3 is 14.3 Å². The van der Waals surface area contributed by atoms with Crippen LogP contribution in [0.4, 0.5) is 0 Å². The molecule has 138 valence electrons. The topological polar surface area (TPSA) is 76.7 Å². The minimum absolute atomic E-state index is 0.0533. The summed E-state index contributed by atoms with van der Waals surface area (Å²) in [6.07, 6.45) is 1.66. The standard InChI is InChI=1S/C22H20O5/c1-2-10-26-21-19(23)17-11-14(22(24)25)8-9-18(17)27-20(21)16-12-15(16)13-6-4-3-5-7-13/h3-9,11,15-16H,2,10,12H2,1H3,(H,24,25)/t15-,16+/m0/s1. The second-order valence-corrected chi connectivity index (χ2v) is 6.85. The molecule has 0 unspecified atom stereocenters.